The number of methoxy groups -OCH3 is 1. The molecule has 7 nitrogen and oxygen atoms in total. The van der Waals surface area contributed by atoms with Crippen LogP contribution in [0.3, 0.4) is 0 Å². The van der Waals surface area contributed by atoms with E-state index in [1.165, 1.54) is 0 Å². The molecular weight excluding hydrogens is 459 g/mol. The summed E-state index contributed by atoms with van der Waals surface area (Å²) < 4.78 is 5.67. The van der Waals surface area contributed by atoms with Gasteiger partial charge in [-0.2, -0.15) is 5.26 Å². The third-order valence-electron chi connectivity index (χ3n) is 5.54. The number of halogens is 2. The third kappa shape index (κ3) is 5.48. The van der Waals surface area contributed by atoms with Crippen molar-refractivity contribution < 1.29 is 4.74 Å². The summed E-state index contributed by atoms with van der Waals surface area (Å²) >= 11 is 12.6. The van der Waals surface area contributed by atoms with Crippen LogP contribution in [0.5, 0.6) is 5.75 Å². The fourth-order valence-electron chi connectivity index (χ4n) is 3.80. The zero-order valence-electron chi connectivity index (χ0n) is 18.5. The van der Waals surface area contributed by atoms with E-state index in [1.807, 2.05) is 18.2 Å². The Balaban J connectivity index is 1.59. The van der Waals surface area contributed by atoms with Crippen LogP contribution >= 0.6 is 23.2 Å². The normalized spacial score (nSPS) is 14.1. The molecule has 0 unspecified atom stereocenters. The minimum absolute atomic E-state index is 0.251. The number of piperazine rings is 1. The molecule has 0 amide bonds. The van der Waals surface area contributed by atoms with Crippen LogP contribution in [0.4, 0.5) is 17.3 Å². The largest absolute Gasteiger partial charge is 0.495 e. The first-order chi connectivity index (χ1) is 16.0. The predicted octanol–water partition coefficient (Wildman–Crippen LogP) is 5.02. The van der Waals surface area contributed by atoms with Crippen molar-refractivity contribution in [3.05, 3.63) is 58.2 Å². The van der Waals surface area contributed by atoms with Crippen LogP contribution in [0.25, 0.3) is 11.3 Å². The van der Waals surface area contributed by atoms with Gasteiger partial charge in [-0.25, -0.2) is 9.97 Å². The molecule has 0 aliphatic carbocycles. The number of likely N-dealkylation sites (N-methyl/N-ethyl adjacent to an activating group) is 1. The van der Waals surface area contributed by atoms with Gasteiger partial charge in [0.05, 0.1) is 42.2 Å². The maximum absolute atomic E-state index is 9.02. The second kappa shape index (κ2) is 10.3. The fraction of sp³-hybridized carbons (Fsp3) is 0.292. The van der Waals surface area contributed by atoms with E-state index in [2.05, 4.69) is 44.3 Å². The first-order valence-electron chi connectivity index (χ1n) is 10.5. The van der Waals surface area contributed by atoms with Crippen molar-refractivity contribution in [3.63, 3.8) is 0 Å². The van der Waals surface area contributed by atoms with E-state index in [1.54, 1.807) is 25.4 Å². The lowest BCUT2D eigenvalue weighted by molar-refractivity contribution is 0.311. The third-order valence-corrected chi connectivity index (χ3v) is 6.03. The molecule has 9 heteroatoms. The zero-order valence-corrected chi connectivity index (χ0v) is 20.0. The first kappa shape index (κ1) is 23.1. The summed E-state index contributed by atoms with van der Waals surface area (Å²) in [5.74, 6) is 1.18. The van der Waals surface area contributed by atoms with E-state index < -0.39 is 0 Å². The lowest BCUT2D eigenvalue weighted by Crippen LogP contribution is -2.44. The Bertz CT molecular complexity index is 1190. The topological polar surface area (TPSA) is 77.3 Å². The van der Waals surface area contributed by atoms with Gasteiger partial charge in [0.25, 0.3) is 0 Å². The second-order valence-corrected chi connectivity index (χ2v) is 8.72. The molecule has 1 N–H and O–H groups in total. The summed E-state index contributed by atoms with van der Waals surface area (Å²) in [4.78, 5) is 13.6. The SMILES string of the molecule is COc1cc(Nc2ncc(Cl)c(-c3cc(Cl)cc(CC#N)c3)n2)ccc1N1CCN(C)CC1. The van der Waals surface area contributed by atoms with Crippen LogP contribution in [0.2, 0.25) is 10.0 Å². The van der Waals surface area contributed by atoms with E-state index in [9.17, 15) is 0 Å². The van der Waals surface area contributed by atoms with Gasteiger partial charge in [0.15, 0.2) is 0 Å². The Morgan fingerprint density at radius 2 is 1.91 bits per heavy atom. The van der Waals surface area contributed by atoms with E-state index in [-0.39, 0.29) is 6.42 Å². The summed E-state index contributed by atoms with van der Waals surface area (Å²) in [5, 5.41) is 13.2. The van der Waals surface area contributed by atoms with Crippen molar-refractivity contribution in [2.24, 2.45) is 0 Å². The number of benzene rings is 2. The van der Waals surface area contributed by atoms with Gasteiger partial charge in [0.2, 0.25) is 5.95 Å². The summed E-state index contributed by atoms with van der Waals surface area (Å²) in [6.07, 6.45) is 1.80. The Labute approximate surface area is 203 Å². The first-order valence-corrected chi connectivity index (χ1v) is 11.3. The molecule has 1 aromatic heterocycles. The van der Waals surface area contributed by atoms with Gasteiger partial charge in [0, 0.05) is 48.5 Å². The molecule has 2 aromatic carbocycles. The van der Waals surface area contributed by atoms with Crippen LogP contribution < -0.4 is 15.0 Å². The molecule has 3 aromatic rings. The Morgan fingerprint density at radius 3 is 2.64 bits per heavy atom. The van der Waals surface area contributed by atoms with Crippen molar-refractivity contribution in [2.45, 2.75) is 6.42 Å². The minimum atomic E-state index is 0.251. The Kier molecular flexibility index (Phi) is 7.19. The highest BCUT2D eigenvalue weighted by atomic mass is 35.5. The lowest BCUT2D eigenvalue weighted by Gasteiger charge is -2.34. The molecule has 1 aliphatic rings. The van der Waals surface area contributed by atoms with Crippen LogP contribution in [0, 0.1) is 11.3 Å². The van der Waals surface area contributed by atoms with Gasteiger partial charge >= 0.3 is 0 Å². The monoisotopic (exact) mass is 482 g/mol. The molecule has 1 aliphatic heterocycles. The summed E-state index contributed by atoms with van der Waals surface area (Å²) in [6, 6.07) is 13.5. The standard InChI is InChI=1S/C24H24Cl2N6O/c1-31-7-9-32(10-8-31)21-4-3-19(14-22(21)33-2)29-24-28-15-20(26)23(30-24)17-11-16(5-6-27)12-18(25)13-17/h3-4,11-15H,5,7-10H2,1-2H3,(H,28,29,30). The van der Waals surface area contributed by atoms with Crippen LogP contribution in [0.1, 0.15) is 5.56 Å². The van der Waals surface area contributed by atoms with Crippen LogP contribution in [0.15, 0.2) is 42.6 Å². The number of aromatic nitrogens is 2. The molecule has 0 atom stereocenters. The Morgan fingerprint density at radius 1 is 1.12 bits per heavy atom. The highest BCUT2D eigenvalue weighted by Crippen LogP contribution is 2.34. The highest BCUT2D eigenvalue weighted by molar-refractivity contribution is 6.33. The van der Waals surface area contributed by atoms with E-state index >= 15 is 0 Å². The molecule has 1 fully saturated rings. The van der Waals surface area contributed by atoms with Crippen molar-refractivity contribution in [1.29, 1.82) is 5.26 Å². The average Bonchev–Trinajstić information content (AvgIpc) is 2.81. The molecule has 33 heavy (non-hydrogen) atoms. The van der Waals surface area contributed by atoms with Crippen molar-refractivity contribution in [2.75, 3.05) is 50.6 Å². The molecule has 0 bridgehead atoms. The maximum Gasteiger partial charge on any atom is 0.227 e. The molecule has 0 radical (unpaired) electrons. The Hall–Kier alpha value is -3.05. The number of nitriles is 1. The smallest absolute Gasteiger partial charge is 0.227 e. The highest BCUT2D eigenvalue weighted by Gasteiger charge is 2.18. The van der Waals surface area contributed by atoms with Gasteiger partial charge < -0.3 is 19.9 Å². The average molecular weight is 483 g/mol. The van der Waals surface area contributed by atoms with E-state index in [0.717, 1.165) is 54.4 Å². The number of nitrogens with zero attached hydrogens (tertiary/aromatic N) is 5. The quantitative estimate of drug-likeness (QED) is 0.528. The van der Waals surface area contributed by atoms with Crippen molar-refractivity contribution in [3.8, 4) is 23.1 Å². The molecule has 0 saturated carbocycles. The van der Waals surface area contributed by atoms with E-state index in [4.69, 9.17) is 33.2 Å². The molecular formula is C24H24Cl2N6O. The second-order valence-electron chi connectivity index (χ2n) is 7.88. The zero-order chi connectivity index (χ0) is 23.4. The molecule has 0 spiro atoms. The molecule has 1 saturated heterocycles. The number of hydrogen-bond donors (Lipinski definition) is 1. The van der Waals surface area contributed by atoms with Crippen molar-refractivity contribution >= 4 is 40.5 Å². The van der Waals surface area contributed by atoms with Crippen LogP contribution in [-0.2, 0) is 6.42 Å². The summed E-state index contributed by atoms with van der Waals surface area (Å²) in [7, 11) is 3.81. The fourth-order valence-corrected chi connectivity index (χ4v) is 4.26. The van der Waals surface area contributed by atoms with Crippen LogP contribution in [-0.4, -0.2) is 55.2 Å². The van der Waals surface area contributed by atoms with Crippen molar-refractivity contribution in [1.82, 2.24) is 14.9 Å². The predicted molar refractivity (Wildman–Crippen MR) is 133 cm³/mol. The van der Waals surface area contributed by atoms with Gasteiger partial charge in [-0.1, -0.05) is 23.2 Å². The van der Waals surface area contributed by atoms with Gasteiger partial charge in [-0.15, -0.1) is 0 Å². The lowest BCUT2D eigenvalue weighted by atomic mass is 10.1. The maximum atomic E-state index is 9.02. The number of ether oxygens (including phenoxy) is 1. The number of nitrogens with one attached hydrogen (secondary N) is 1. The van der Waals surface area contributed by atoms with Gasteiger partial charge in [0.1, 0.15) is 5.75 Å². The van der Waals surface area contributed by atoms with Gasteiger partial charge in [-0.3, -0.25) is 0 Å². The minimum Gasteiger partial charge on any atom is -0.495 e. The molecule has 170 valence electrons. The number of anilines is 3. The molecule has 2 heterocycles. The van der Waals surface area contributed by atoms with Gasteiger partial charge in [-0.05, 0) is 42.9 Å². The summed E-state index contributed by atoms with van der Waals surface area (Å²) in [6.45, 7) is 3.95. The number of hydrogen-bond acceptors (Lipinski definition) is 7. The van der Waals surface area contributed by atoms with E-state index in [0.29, 0.717) is 21.7 Å². The molecule has 4 rings (SSSR count). The summed E-state index contributed by atoms with van der Waals surface area (Å²) in [5.41, 5.74) is 3.93. The number of rotatable bonds is 6.